The second-order valence-corrected chi connectivity index (χ2v) is 6.51. The number of hydrogen-bond acceptors (Lipinski definition) is 2. The van der Waals surface area contributed by atoms with Crippen molar-refractivity contribution in [3.8, 4) is 0 Å². The zero-order chi connectivity index (χ0) is 15.9. The van der Waals surface area contributed by atoms with Crippen LogP contribution in [0.2, 0.25) is 0 Å². The number of hydrogen-bond donors (Lipinski definition) is 1. The second-order valence-electron chi connectivity index (χ2n) is 6.51. The zero-order valence-electron chi connectivity index (χ0n) is 12.9. The molecule has 4 nitrogen and oxygen atoms in total. The Morgan fingerprint density at radius 1 is 1.32 bits per heavy atom. The highest BCUT2D eigenvalue weighted by molar-refractivity contribution is 5.91. The predicted octanol–water partition coefficient (Wildman–Crippen LogP) is 1.91. The highest BCUT2D eigenvalue weighted by Gasteiger charge is 2.48. The van der Waals surface area contributed by atoms with Gasteiger partial charge in [0, 0.05) is 19.0 Å². The topological polar surface area (TPSA) is 49.4 Å². The standard InChI is InChI=1S/C17H21FN2O2/c1-10(2)15-16(21)19-7-8-20(15)17(22)14-9-13(14)11-3-5-12(18)6-4-11/h3-6,10,13-15H,7-9H2,1-2H3,(H,19,21). The van der Waals surface area contributed by atoms with Crippen LogP contribution in [0.1, 0.15) is 31.7 Å². The van der Waals surface area contributed by atoms with Gasteiger partial charge in [-0.1, -0.05) is 26.0 Å². The maximum absolute atomic E-state index is 13.0. The van der Waals surface area contributed by atoms with Crippen LogP contribution in [0, 0.1) is 17.7 Å². The van der Waals surface area contributed by atoms with Crippen molar-refractivity contribution in [3.05, 3.63) is 35.6 Å². The molecule has 3 unspecified atom stereocenters. The maximum Gasteiger partial charge on any atom is 0.243 e. The van der Waals surface area contributed by atoms with E-state index in [-0.39, 0.29) is 41.4 Å². The first kappa shape index (κ1) is 15.0. The molecule has 0 bridgehead atoms. The van der Waals surface area contributed by atoms with Gasteiger partial charge in [-0.15, -0.1) is 0 Å². The average Bonchev–Trinajstić information content (AvgIpc) is 3.27. The van der Waals surface area contributed by atoms with Crippen LogP contribution in [-0.2, 0) is 9.59 Å². The summed E-state index contributed by atoms with van der Waals surface area (Å²) in [6.45, 7) is 5.00. The lowest BCUT2D eigenvalue weighted by Gasteiger charge is -2.37. The fourth-order valence-electron chi connectivity index (χ4n) is 3.35. The Labute approximate surface area is 129 Å². The lowest BCUT2D eigenvalue weighted by molar-refractivity contribution is -0.146. The van der Waals surface area contributed by atoms with Gasteiger partial charge < -0.3 is 10.2 Å². The first-order valence-corrected chi connectivity index (χ1v) is 7.82. The van der Waals surface area contributed by atoms with Crippen molar-refractivity contribution in [2.45, 2.75) is 32.2 Å². The summed E-state index contributed by atoms with van der Waals surface area (Å²) in [7, 11) is 0. The normalized spacial score (nSPS) is 27.7. The van der Waals surface area contributed by atoms with Gasteiger partial charge in [-0.25, -0.2) is 4.39 Å². The van der Waals surface area contributed by atoms with Crippen LogP contribution >= 0.6 is 0 Å². The minimum absolute atomic E-state index is 0.0582. The van der Waals surface area contributed by atoms with Gasteiger partial charge in [0.1, 0.15) is 11.9 Å². The number of nitrogens with one attached hydrogen (secondary N) is 1. The van der Waals surface area contributed by atoms with E-state index in [2.05, 4.69) is 5.32 Å². The number of carbonyl (C=O) groups is 2. The van der Waals surface area contributed by atoms with Gasteiger partial charge in [-0.3, -0.25) is 9.59 Å². The molecule has 2 fully saturated rings. The summed E-state index contributed by atoms with van der Waals surface area (Å²) in [6.07, 6.45) is 0.785. The van der Waals surface area contributed by atoms with E-state index in [9.17, 15) is 14.0 Å². The van der Waals surface area contributed by atoms with E-state index in [1.807, 2.05) is 13.8 Å². The molecule has 1 aromatic rings. The van der Waals surface area contributed by atoms with Crippen LogP contribution in [0.3, 0.4) is 0 Å². The minimum atomic E-state index is -0.379. The number of benzene rings is 1. The quantitative estimate of drug-likeness (QED) is 0.927. The Morgan fingerprint density at radius 3 is 2.64 bits per heavy atom. The monoisotopic (exact) mass is 304 g/mol. The number of halogens is 1. The highest BCUT2D eigenvalue weighted by atomic mass is 19.1. The van der Waals surface area contributed by atoms with E-state index in [1.165, 1.54) is 12.1 Å². The molecule has 5 heteroatoms. The third-order valence-corrected chi connectivity index (χ3v) is 4.58. The number of piperazine rings is 1. The van der Waals surface area contributed by atoms with Crippen molar-refractivity contribution in [2.24, 2.45) is 11.8 Å². The smallest absolute Gasteiger partial charge is 0.243 e. The van der Waals surface area contributed by atoms with E-state index >= 15 is 0 Å². The molecule has 0 spiro atoms. The van der Waals surface area contributed by atoms with Crippen molar-refractivity contribution in [1.82, 2.24) is 10.2 Å². The molecule has 1 saturated carbocycles. The van der Waals surface area contributed by atoms with Gasteiger partial charge in [-0.05, 0) is 36.0 Å². The summed E-state index contributed by atoms with van der Waals surface area (Å²) < 4.78 is 13.0. The van der Waals surface area contributed by atoms with Crippen molar-refractivity contribution in [1.29, 1.82) is 0 Å². The van der Waals surface area contributed by atoms with Gasteiger partial charge in [0.2, 0.25) is 11.8 Å². The Hall–Kier alpha value is -1.91. The lowest BCUT2D eigenvalue weighted by atomic mass is 9.98. The molecule has 118 valence electrons. The summed E-state index contributed by atoms with van der Waals surface area (Å²) >= 11 is 0. The molecule has 1 aliphatic heterocycles. The molecule has 3 rings (SSSR count). The van der Waals surface area contributed by atoms with Crippen LogP contribution < -0.4 is 5.32 Å². The molecule has 1 aromatic carbocycles. The van der Waals surface area contributed by atoms with Crippen molar-refractivity contribution in [3.63, 3.8) is 0 Å². The second kappa shape index (κ2) is 5.71. The van der Waals surface area contributed by atoms with Crippen LogP contribution in [0.4, 0.5) is 4.39 Å². The largest absolute Gasteiger partial charge is 0.353 e. The third-order valence-electron chi connectivity index (χ3n) is 4.58. The van der Waals surface area contributed by atoms with Gasteiger partial charge in [-0.2, -0.15) is 0 Å². The molecule has 0 radical (unpaired) electrons. The van der Waals surface area contributed by atoms with Crippen molar-refractivity contribution < 1.29 is 14.0 Å². The average molecular weight is 304 g/mol. The minimum Gasteiger partial charge on any atom is -0.353 e. The molecule has 1 heterocycles. The predicted molar refractivity (Wildman–Crippen MR) is 80.6 cm³/mol. The van der Waals surface area contributed by atoms with Crippen LogP contribution in [0.5, 0.6) is 0 Å². The summed E-state index contributed by atoms with van der Waals surface area (Å²) in [5, 5.41) is 2.83. The van der Waals surface area contributed by atoms with Crippen LogP contribution in [0.25, 0.3) is 0 Å². The summed E-state index contributed by atoms with van der Waals surface area (Å²) in [6, 6.07) is 5.98. The van der Waals surface area contributed by atoms with E-state index < -0.39 is 0 Å². The molecule has 1 saturated heterocycles. The van der Waals surface area contributed by atoms with E-state index in [0.29, 0.717) is 13.1 Å². The Kier molecular flexibility index (Phi) is 3.89. The molecular formula is C17H21FN2O2. The fourth-order valence-corrected chi connectivity index (χ4v) is 3.35. The van der Waals surface area contributed by atoms with Gasteiger partial charge in [0.25, 0.3) is 0 Å². The highest BCUT2D eigenvalue weighted by Crippen LogP contribution is 2.48. The third kappa shape index (κ3) is 2.72. The summed E-state index contributed by atoms with van der Waals surface area (Å²) in [5.41, 5.74) is 1.00. The van der Waals surface area contributed by atoms with E-state index in [4.69, 9.17) is 0 Å². The Morgan fingerprint density at radius 2 is 2.00 bits per heavy atom. The molecule has 1 N–H and O–H groups in total. The number of amides is 2. The first-order valence-electron chi connectivity index (χ1n) is 7.82. The van der Waals surface area contributed by atoms with Crippen molar-refractivity contribution >= 4 is 11.8 Å². The Balaban J connectivity index is 1.72. The van der Waals surface area contributed by atoms with E-state index in [0.717, 1.165) is 12.0 Å². The molecule has 22 heavy (non-hydrogen) atoms. The number of rotatable bonds is 3. The molecule has 1 aliphatic carbocycles. The maximum atomic E-state index is 13.0. The lowest BCUT2D eigenvalue weighted by Crippen LogP contribution is -2.59. The molecule has 3 atom stereocenters. The molecule has 0 aromatic heterocycles. The summed E-state index contributed by atoms with van der Waals surface area (Å²) in [4.78, 5) is 26.5. The van der Waals surface area contributed by atoms with Crippen LogP contribution in [0.15, 0.2) is 24.3 Å². The first-order chi connectivity index (χ1) is 10.5. The van der Waals surface area contributed by atoms with E-state index in [1.54, 1.807) is 17.0 Å². The number of nitrogens with zero attached hydrogens (tertiary/aromatic N) is 1. The number of carbonyl (C=O) groups excluding carboxylic acids is 2. The Bertz CT molecular complexity index is 585. The summed E-state index contributed by atoms with van der Waals surface area (Å²) in [5.74, 6) is -0.0907. The van der Waals surface area contributed by atoms with Crippen LogP contribution in [-0.4, -0.2) is 35.8 Å². The zero-order valence-corrected chi connectivity index (χ0v) is 12.9. The SMILES string of the molecule is CC(C)C1C(=O)NCCN1C(=O)C1CC1c1ccc(F)cc1. The molecule has 2 amide bonds. The fraction of sp³-hybridized carbons (Fsp3) is 0.529. The molecule has 2 aliphatic rings. The van der Waals surface area contributed by atoms with Gasteiger partial charge >= 0.3 is 0 Å². The molecular weight excluding hydrogens is 283 g/mol. The van der Waals surface area contributed by atoms with Crippen molar-refractivity contribution in [2.75, 3.05) is 13.1 Å². The van der Waals surface area contributed by atoms with Gasteiger partial charge in [0.05, 0.1) is 0 Å². The van der Waals surface area contributed by atoms with Gasteiger partial charge in [0.15, 0.2) is 0 Å².